The Morgan fingerprint density at radius 1 is 1.13 bits per heavy atom. The Balaban J connectivity index is 1.38. The van der Waals surface area contributed by atoms with E-state index in [1.807, 2.05) is 10.6 Å². The smallest absolute Gasteiger partial charge is 0.378 e. The summed E-state index contributed by atoms with van der Waals surface area (Å²) in [4.78, 5) is 13.7. The van der Waals surface area contributed by atoms with Gasteiger partial charge in [-0.15, -0.1) is 0 Å². The molecule has 1 unspecified atom stereocenters. The van der Waals surface area contributed by atoms with Crippen molar-refractivity contribution in [3.8, 4) is 0 Å². The number of rotatable bonds is 5. The third kappa shape index (κ3) is 4.80. The quantitative estimate of drug-likeness (QED) is 0.469. The van der Waals surface area contributed by atoms with Gasteiger partial charge in [0.1, 0.15) is 0 Å². The molecule has 8 nitrogen and oxygen atoms in total. The van der Waals surface area contributed by atoms with Gasteiger partial charge in [-0.1, -0.05) is 12.1 Å². The van der Waals surface area contributed by atoms with Crippen molar-refractivity contribution < 1.29 is 26.3 Å². The molecule has 2 aromatic heterocycles. The van der Waals surface area contributed by atoms with Crippen LogP contribution in [0.4, 0.5) is 18.9 Å². The van der Waals surface area contributed by atoms with Crippen molar-refractivity contribution in [3.63, 3.8) is 0 Å². The summed E-state index contributed by atoms with van der Waals surface area (Å²) in [6, 6.07) is 4.28. The maximum atomic E-state index is 13.7. The maximum Gasteiger partial charge on any atom is 0.416 e. The number of alkyl halides is 3. The van der Waals surface area contributed by atoms with E-state index in [4.69, 9.17) is 9.72 Å². The second-order valence-electron chi connectivity index (χ2n) is 10.9. The highest BCUT2D eigenvalue weighted by atomic mass is 32.2. The van der Waals surface area contributed by atoms with Crippen LogP contribution in [0.15, 0.2) is 30.6 Å². The van der Waals surface area contributed by atoms with E-state index in [2.05, 4.69) is 14.8 Å². The monoisotopic (exact) mass is 563 g/mol. The number of anilines is 1. The Bertz CT molecular complexity index is 1500. The van der Waals surface area contributed by atoms with Gasteiger partial charge in [-0.05, 0) is 43.4 Å². The zero-order chi connectivity index (χ0) is 27.4. The van der Waals surface area contributed by atoms with Crippen LogP contribution < -0.4 is 4.90 Å². The molecule has 3 aliphatic rings. The molecule has 3 aromatic rings. The highest BCUT2D eigenvalue weighted by molar-refractivity contribution is 7.93. The molecule has 5 heterocycles. The van der Waals surface area contributed by atoms with E-state index in [0.717, 1.165) is 30.5 Å². The Hall–Kier alpha value is -2.70. The summed E-state index contributed by atoms with van der Waals surface area (Å²) in [7, 11) is -3.14. The van der Waals surface area contributed by atoms with E-state index in [-0.39, 0.29) is 17.7 Å². The van der Waals surface area contributed by atoms with E-state index in [1.54, 1.807) is 12.3 Å². The van der Waals surface area contributed by atoms with Crippen molar-refractivity contribution >= 4 is 21.3 Å². The minimum Gasteiger partial charge on any atom is -0.378 e. The molecule has 3 aliphatic heterocycles. The van der Waals surface area contributed by atoms with Gasteiger partial charge >= 0.3 is 6.18 Å². The molecule has 1 spiro atoms. The first-order chi connectivity index (χ1) is 18.6. The van der Waals surface area contributed by atoms with Crippen LogP contribution in [0.25, 0.3) is 5.78 Å². The minimum atomic E-state index is -4.44. The zero-order valence-corrected chi connectivity index (χ0v) is 22.7. The summed E-state index contributed by atoms with van der Waals surface area (Å²) in [5.41, 5.74) is 2.50. The molecule has 3 fully saturated rings. The number of ether oxygens (including phenoxy) is 1. The van der Waals surface area contributed by atoms with Crippen molar-refractivity contribution in [2.24, 2.45) is 0 Å². The molecule has 0 radical (unpaired) electrons. The summed E-state index contributed by atoms with van der Waals surface area (Å²) >= 11 is 0. The van der Waals surface area contributed by atoms with E-state index in [9.17, 15) is 21.6 Å². The van der Waals surface area contributed by atoms with Crippen LogP contribution in [0.1, 0.15) is 47.3 Å². The van der Waals surface area contributed by atoms with Crippen LogP contribution in [0.2, 0.25) is 0 Å². The standard InChI is InChI=1S/C27H32F3N5O3S/c1-19-20(4-2-5-22(19)27(28,29)30)14-24-23(17-33-8-7-26(18-33)6-3-13-39(26,36)37)32-25-31-15-21(16-35(24)25)34-9-11-38-12-10-34/h2,4-5,15-16H,3,6-14,17-18H2,1H3. The van der Waals surface area contributed by atoms with E-state index in [1.165, 1.54) is 13.0 Å². The van der Waals surface area contributed by atoms with Gasteiger partial charge in [-0.2, -0.15) is 13.2 Å². The van der Waals surface area contributed by atoms with E-state index < -0.39 is 26.3 Å². The summed E-state index contributed by atoms with van der Waals surface area (Å²) in [5, 5.41) is 0. The van der Waals surface area contributed by atoms with Gasteiger partial charge in [-0.25, -0.2) is 18.4 Å². The predicted octanol–water partition coefficient (Wildman–Crippen LogP) is 3.64. The fourth-order valence-electron chi connectivity index (χ4n) is 6.36. The van der Waals surface area contributed by atoms with Gasteiger partial charge in [0.2, 0.25) is 5.78 Å². The van der Waals surface area contributed by atoms with Crippen LogP contribution in [0, 0.1) is 6.92 Å². The number of nitrogens with zero attached hydrogens (tertiary/aromatic N) is 5. The van der Waals surface area contributed by atoms with E-state index in [0.29, 0.717) is 69.1 Å². The number of benzene rings is 1. The number of hydrogen-bond acceptors (Lipinski definition) is 7. The summed E-state index contributed by atoms with van der Waals surface area (Å²) in [5.74, 6) is 0.716. The summed E-state index contributed by atoms with van der Waals surface area (Å²) < 4.78 is 73.3. The molecule has 0 aliphatic carbocycles. The van der Waals surface area contributed by atoms with Gasteiger partial charge in [0, 0.05) is 45.3 Å². The first-order valence-corrected chi connectivity index (χ1v) is 15.0. The molecule has 1 atom stereocenters. The average Bonchev–Trinajstić information content (AvgIpc) is 3.55. The normalized spacial score (nSPS) is 23.8. The Kier molecular flexibility index (Phi) is 6.62. The molecule has 1 aromatic carbocycles. The summed E-state index contributed by atoms with van der Waals surface area (Å²) in [6.45, 7) is 5.70. The number of imidazole rings is 1. The van der Waals surface area contributed by atoms with Crippen LogP contribution >= 0.6 is 0 Å². The molecule has 39 heavy (non-hydrogen) atoms. The second kappa shape index (κ2) is 9.74. The van der Waals surface area contributed by atoms with Crippen molar-refractivity contribution in [3.05, 3.63) is 58.7 Å². The molecule has 0 bridgehead atoms. The molecule has 12 heteroatoms. The van der Waals surface area contributed by atoms with Crippen LogP contribution in [0.5, 0.6) is 0 Å². The molecule has 0 N–H and O–H groups in total. The van der Waals surface area contributed by atoms with E-state index >= 15 is 0 Å². The lowest BCUT2D eigenvalue weighted by atomic mass is 9.98. The van der Waals surface area contributed by atoms with Crippen LogP contribution in [0.3, 0.4) is 0 Å². The van der Waals surface area contributed by atoms with Gasteiger partial charge in [-0.3, -0.25) is 9.30 Å². The van der Waals surface area contributed by atoms with Gasteiger partial charge in [0.05, 0.1) is 52.5 Å². The SMILES string of the molecule is Cc1c(Cc2c(CN3CCC4(CCCS4(=O)=O)C3)nc3ncc(N4CCOCC4)cn23)cccc1C(F)(F)F. The molecular weight excluding hydrogens is 531 g/mol. The fraction of sp³-hybridized carbons (Fsp3) is 0.556. The first-order valence-electron chi connectivity index (χ1n) is 13.4. The molecule has 0 amide bonds. The second-order valence-corrected chi connectivity index (χ2v) is 13.4. The van der Waals surface area contributed by atoms with Crippen molar-refractivity contribution in [1.29, 1.82) is 0 Å². The van der Waals surface area contributed by atoms with Gasteiger partial charge in [0.25, 0.3) is 0 Å². The first kappa shape index (κ1) is 26.5. The lowest BCUT2D eigenvalue weighted by Crippen LogP contribution is -2.37. The largest absolute Gasteiger partial charge is 0.416 e. The fourth-order valence-corrected chi connectivity index (χ4v) is 8.56. The van der Waals surface area contributed by atoms with Gasteiger partial charge in [0.15, 0.2) is 9.84 Å². The number of morpholine rings is 1. The average molecular weight is 564 g/mol. The summed E-state index contributed by atoms with van der Waals surface area (Å²) in [6.07, 6.45) is 1.50. The number of sulfone groups is 1. The van der Waals surface area contributed by atoms with Crippen molar-refractivity contribution in [2.45, 2.75) is 50.1 Å². The predicted molar refractivity (Wildman–Crippen MR) is 141 cm³/mol. The highest BCUT2D eigenvalue weighted by Gasteiger charge is 2.51. The number of aromatic nitrogens is 3. The molecule has 6 rings (SSSR count). The number of hydrogen-bond donors (Lipinski definition) is 0. The number of fused-ring (bicyclic) bond motifs is 1. The zero-order valence-electron chi connectivity index (χ0n) is 21.9. The number of likely N-dealkylation sites (tertiary alicyclic amines) is 1. The Morgan fingerprint density at radius 3 is 2.64 bits per heavy atom. The van der Waals surface area contributed by atoms with Crippen LogP contribution in [-0.2, 0) is 33.7 Å². The van der Waals surface area contributed by atoms with Gasteiger partial charge < -0.3 is 9.64 Å². The minimum absolute atomic E-state index is 0.195. The molecule has 0 saturated carbocycles. The lowest BCUT2D eigenvalue weighted by molar-refractivity contribution is -0.138. The topological polar surface area (TPSA) is 80.0 Å². The molecule has 3 saturated heterocycles. The highest BCUT2D eigenvalue weighted by Crippen LogP contribution is 2.41. The van der Waals surface area contributed by atoms with Crippen molar-refractivity contribution in [1.82, 2.24) is 19.3 Å². The third-order valence-electron chi connectivity index (χ3n) is 8.61. The Labute approximate surface area is 225 Å². The lowest BCUT2D eigenvalue weighted by Gasteiger charge is -2.28. The van der Waals surface area contributed by atoms with Crippen LogP contribution in [-0.4, -0.2) is 77.6 Å². The third-order valence-corrected chi connectivity index (χ3v) is 11.3. The van der Waals surface area contributed by atoms with Crippen molar-refractivity contribution in [2.75, 3.05) is 50.0 Å². The number of halogens is 3. The Morgan fingerprint density at radius 2 is 1.92 bits per heavy atom. The maximum absolute atomic E-state index is 13.7. The molecular formula is C27H32F3N5O3S. The molecule has 210 valence electrons.